The molecule has 4 rings (SSSR count). The van der Waals surface area contributed by atoms with Crippen molar-refractivity contribution in [3.05, 3.63) is 11.1 Å². The van der Waals surface area contributed by atoms with Crippen molar-refractivity contribution in [1.29, 1.82) is 0 Å². The first-order valence-electron chi connectivity index (χ1n) is 9.99. The van der Waals surface area contributed by atoms with Crippen molar-refractivity contribution >= 4 is 22.4 Å². The Bertz CT molecular complexity index is 629. The average Bonchev–Trinajstić information content (AvgIpc) is 3.29. The summed E-state index contributed by atoms with van der Waals surface area (Å²) in [6, 6.07) is 0. The molecule has 1 unspecified atom stereocenters. The zero-order valence-electron chi connectivity index (χ0n) is 15.8. The summed E-state index contributed by atoms with van der Waals surface area (Å²) in [5.41, 5.74) is -0.120. The number of hydrogen-bond donors (Lipinski definition) is 0. The summed E-state index contributed by atoms with van der Waals surface area (Å²) in [5, 5.41) is 1.11. The van der Waals surface area contributed by atoms with Gasteiger partial charge in [0.25, 0.3) is 0 Å². The van der Waals surface area contributed by atoms with Crippen molar-refractivity contribution in [2.75, 3.05) is 57.4 Å². The summed E-state index contributed by atoms with van der Waals surface area (Å²) in [6.45, 7) is 10.3. The Hall–Kier alpha value is -1.18. The number of aromatic nitrogens is 1. The van der Waals surface area contributed by atoms with Gasteiger partial charge in [-0.1, -0.05) is 6.92 Å². The first-order chi connectivity index (χ1) is 12.7. The zero-order valence-corrected chi connectivity index (χ0v) is 16.6. The minimum absolute atomic E-state index is 0.120. The van der Waals surface area contributed by atoms with Gasteiger partial charge >= 0.3 is 0 Å². The van der Waals surface area contributed by atoms with Crippen LogP contribution in [0.3, 0.4) is 0 Å². The van der Waals surface area contributed by atoms with Crippen LogP contribution in [0.25, 0.3) is 0 Å². The number of piperidine rings is 1. The van der Waals surface area contributed by atoms with E-state index < -0.39 is 0 Å². The van der Waals surface area contributed by atoms with Crippen molar-refractivity contribution < 1.29 is 9.53 Å². The number of ether oxygens (including phenoxy) is 1. The van der Waals surface area contributed by atoms with Crippen LogP contribution in [0.1, 0.15) is 37.5 Å². The number of anilines is 1. The monoisotopic (exact) mass is 378 g/mol. The lowest BCUT2D eigenvalue weighted by molar-refractivity contribution is -0.145. The third-order valence-electron chi connectivity index (χ3n) is 5.95. The van der Waals surface area contributed by atoms with E-state index in [2.05, 4.69) is 26.6 Å². The SMILES string of the molecule is CCCN1CCCC2(CCN(Cc3cnc(N4CCOCC4)s3)C2)C1=O. The van der Waals surface area contributed by atoms with Gasteiger partial charge in [-0.3, -0.25) is 9.69 Å². The second kappa shape index (κ2) is 7.82. The van der Waals surface area contributed by atoms with Gasteiger partial charge in [-0.05, 0) is 32.2 Å². The first kappa shape index (κ1) is 18.2. The van der Waals surface area contributed by atoms with Gasteiger partial charge in [0.15, 0.2) is 5.13 Å². The average molecular weight is 379 g/mol. The molecular weight excluding hydrogens is 348 g/mol. The number of nitrogens with zero attached hydrogens (tertiary/aromatic N) is 4. The normalized spacial score (nSPS) is 27.7. The lowest BCUT2D eigenvalue weighted by Crippen LogP contribution is -2.50. The number of rotatable bonds is 5. The molecule has 3 aliphatic heterocycles. The van der Waals surface area contributed by atoms with Crippen molar-refractivity contribution in [3.63, 3.8) is 0 Å². The molecule has 0 bridgehead atoms. The molecule has 1 spiro atoms. The fourth-order valence-corrected chi connectivity index (χ4v) is 5.60. The van der Waals surface area contributed by atoms with Crippen LogP contribution in [0.5, 0.6) is 0 Å². The van der Waals surface area contributed by atoms with E-state index in [1.807, 2.05) is 6.20 Å². The summed E-state index contributed by atoms with van der Waals surface area (Å²) in [5.74, 6) is 0.409. The van der Waals surface area contributed by atoms with Gasteiger partial charge in [-0.2, -0.15) is 0 Å². The van der Waals surface area contributed by atoms with Crippen LogP contribution in [0.15, 0.2) is 6.20 Å². The molecule has 1 aromatic rings. The third-order valence-corrected chi connectivity index (χ3v) is 7.00. The smallest absolute Gasteiger partial charge is 0.230 e. The molecule has 0 aromatic carbocycles. The second-order valence-electron chi connectivity index (χ2n) is 7.85. The van der Waals surface area contributed by atoms with Crippen LogP contribution >= 0.6 is 11.3 Å². The van der Waals surface area contributed by atoms with Gasteiger partial charge < -0.3 is 14.5 Å². The van der Waals surface area contributed by atoms with Crippen molar-refractivity contribution in [2.45, 2.75) is 39.2 Å². The van der Waals surface area contributed by atoms with E-state index in [9.17, 15) is 4.79 Å². The maximum atomic E-state index is 13.0. The first-order valence-corrected chi connectivity index (χ1v) is 10.8. The van der Waals surface area contributed by atoms with E-state index in [4.69, 9.17) is 4.74 Å². The fraction of sp³-hybridized carbons (Fsp3) is 0.789. The summed E-state index contributed by atoms with van der Waals surface area (Å²) >= 11 is 1.79. The van der Waals surface area contributed by atoms with E-state index in [0.29, 0.717) is 5.91 Å². The fourth-order valence-electron chi connectivity index (χ4n) is 4.60. The number of amides is 1. The largest absolute Gasteiger partial charge is 0.378 e. The number of carbonyl (C=O) groups excluding carboxylic acids is 1. The second-order valence-corrected chi connectivity index (χ2v) is 8.94. The van der Waals surface area contributed by atoms with Crippen LogP contribution in [-0.4, -0.2) is 73.2 Å². The van der Waals surface area contributed by atoms with Gasteiger partial charge in [0.05, 0.1) is 18.6 Å². The minimum atomic E-state index is -0.120. The Morgan fingerprint density at radius 3 is 2.88 bits per heavy atom. The van der Waals surface area contributed by atoms with E-state index in [0.717, 1.165) is 89.8 Å². The van der Waals surface area contributed by atoms with Crippen LogP contribution in [0.4, 0.5) is 5.13 Å². The number of thiazole rings is 1. The molecule has 6 nitrogen and oxygen atoms in total. The molecule has 7 heteroatoms. The summed E-state index contributed by atoms with van der Waals surface area (Å²) in [7, 11) is 0. The van der Waals surface area contributed by atoms with Crippen molar-refractivity contribution in [1.82, 2.24) is 14.8 Å². The topological polar surface area (TPSA) is 48.9 Å². The van der Waals surface area contributed by atoms with E-state index in [1.165, 1.54) is 4.88 Å². The molecule has 0 saturated carbocycles. The van der Waals surface area contributed by atoms with Gasteiger partial charge in [0.1, 0.15) is 0 Å². The molecule has 0 N–H and O–H groups in total. The maximum absolute atomic E-state index is 13.0. The lowest BCUT2D eigenvalue weighted by Gasteiger charge is -2.39. The summed E-state index contributed by atoms with van der Waals surface area (Å²) in [6.07, 6.45) is 6.30. The molecule has 26 heavy (non-hydrogen) atoms. The Kier molecular flexibility index (Phi) is 5.47. The Balaban J connectivity index is 1.37. The highest BCUT2D eigenvalue weighted by Crippen LogP contribution is 2.41. The number of carbonyl (C=O) groups is 1. The molecule has 0 aliphatic carbocycles. The summed E-state index contributed by atoms with van der Waals surface area (Å²) < 4.78 is 5.43. The molecule has 1 atom stereocenters. The summed E-state index contributed by atoms with van der Waals surface area (Å²) in [4.78, 5) is 25.8. The van der Waals surface area contributed by atoms with Gasteiger partial charge in [0, 0.05) is 50.3 Å². The van der Waals surface area contributed by atoms with E-state index in [1.54, 1.807) is 11.3 Å². The number of hydrogen-bond acceptors (Lipinski definition) is 6. The van der Waals surface area contributed by atoms with Crippen LogP contribution in [0.2, 0.25) is 0 Å². The molecule has 3 aliphatic rings. The van der Waals surface area contributed by atoms with Crippen LogP contribution in [-0.2, 0) is 16.1 Å². The van der Waals surface area contributed by atoms with Crippen molar-refractivity contribution in [2.24, 2.45) is 5.41 Å². The van der Waals surface area contributed by atoms with Gasteiger partial charge in [0.2, 0.25) is 5.91 Å². The predicted octanol–water partition coefficient (Wildman–Crippen LogP) is 2.20. The van der Waals surface area contributed by atoms with Crippen LogP contribution < -0.4 is 4.90 Å². The molecule has 3 fully saturated rings. The van der Waals surface area contributed by atoms with Crippen LogP contribution in [0, 0.1) is 5.41 Å². The number of morpholine rings is 1. The highest BCUT2D eigenvalue weighted by Gasteiger charge is 2.47. The van der Waals surface area contributed by atoms with E-state index in [-0.39, 0.29) is 5.41 Å². The predicted molar refractivity (Wildman–Crippen MR) is 104 cm³/mol. The Labute approximate surface area is 160 Å². The molecule has 1 amide bonds. The molecule has 0 radical (unpaired) electrons. The standard InChI is InChI=1S/C19H30N4O2S/c1-2-6-22-7-3-4-19(17(22)24)5-8-21(15-19)14-16-13-20-18(26-16)23-9-11-25-12-10-23/h13H,2-12,14-15H2,1H3. The molecule has 1 aromatic heterocycles. The van der Waals surface area contributed by atoms with Crippen molar-refractivity contribution in [3.8, 4) is 0 Å². The Morgan fingerprint density at radius 2 is 2.08 bits per heavy atom. The third kappa shape index (κ3) is 3.62. The highest BCUT2D eigenvalue weighted by molar-refractivity contribution is 7.15. The zero-order chi connectivity index (χ0) is 18.0. The lowest BCUT2D eigenvalue weighted by atomic mass is 9.78. The molecule has 144 valence electrons. The highest BCUT2D eigenvalue weighted by atomic mass is 32.1. The number of likely N-dealkylation sites (tertiary alicyclic amines) is 2. The Morgan fingerprint density at radius 1 is 1.23 bits per heavy atom. The minimum Gasteiger partial charge on any atom is -0.378 e. The van der Waals surface area contributed by atoms with E-state index >= 15 is 0 Å². The maximum Gasteiger partial charge on any atom is 0.230 e. The van der Waals surface area contributed by atoms with Gasteiger partial charge in [-0.25, -0.2) is 4.98 Å². The molecule has 4 heterocycles. The molecule has 3 saturated heterocycles. The van der Waals surface area contributed by atoms with Gasteiger partial charge in [-0.15, -0.1) is 11.3 Å². The quantitative estimate of drug-likeness (QED) is 0.786. The molecular formula is C19H30N4O2S.